The van der Waals surface area contributed by atoms with Crippen LogP contribution in [0.1, 0.15) is 20.8 Å². The smallest absolute Gasteiger partial charge is 0.316 e. The third kappa shape index (κ3) is 3.25. The van der Waals surface area contributed by atoms with Crippen LogP contribution in [-0.2, 0) is 4.79 Å². The van der Waals surface area contributed by atoms with E-state index in [0.29, 0.717) is 5.75 Å². The third-order valence-electron chi connectivity index (χ3n) is 1.84. The van der Waals surface area contributed by atoms with Crippen LogP contribution in [0.3, 0.4) is 0 Å². The van der Waals surface area contributed by atoms with Gasteiger partial charge >= 0.3 is 5.97 Å². The Balaban J connectivity index is 2.70. The molecule has 0 saturated carbocycles. The molecule has 0 atom stereocenters. The van der Waals surface area contributed by atoms with Gasteiger partial charge in [0.05, 0.1) is 5.41 Å². The molecule has 0 aliphatic heterocycles. The average molecular weight is 208 g/mol. The number of anilines is 1. The number of carbonyl (C=O) groups excluding carboxylic acids is 1. The maximum Gasteiger partial charge on any atom is 0.316 e. The summed E-state index contributed by atoms with van der Waals surface area (Å²) >= 11 is 0. The number of hydrazine groups is 1. The molecule has 0 saturated heterocycles. The number of benzene rings is 1. The zero-order chi connectivity index (χ0) is 11.5. The molecule has 1 rings (SSSR count). The van der Waals surface area contributed by atoms with E-state index >= 15 is 0 Å². The van der Waals surface area contributed by atoms with Crippen molar-refractivity contribution < 1.29 is 9.53 Å². The summed E-state index contributed by atoms with van der Waals surface area (Å²) in [6.07, 6.45) is 0. The van der Waals surface area contributed by atoms with Crippen molar-refractivity contribution >= 4 is 11.7 Å². The van der Waals surface area contributed by atoms with Gasteiger partial charge in [-0.3, -0.25) is 10.6 Å². The molecule has 82 valence electrons. The van der Waals surface area contributed by atoms with Gasteiger partial charge in [-0.2, -0.15) is 0 Å². The molecular weight excluding hydrogens is 192 g/mol. The van der Waals surface area contributed by atoms with Crippen molar-refractivity contribution in [3.05, 3.63) is 24.3 Å². The summed E-state index contributed by atoms with van der Waals surface area (Å²) in [6.45, 7) is 5.43. The van der Waals surface area contributed by atoms with E-state index in [2.05, 4.69) is 5.43 Å². The molecule has 1 aromatic carbocycles. The zero-order valence-electron chi connectivity index (χ0n) is 9.20. The summed E-state index contributed by atoms with van der Waals surface area (Å²) in [5.74, 6) is 5.48. The van der Waals surface area contributed by atoms with Crippen LogP contribution in [0.2, 0.25) is 0 Å². The van der Waals surface area contributed by atoms with Gasteiger partial charge in [-0.1, -0.05) is 0 Å². The number of nitrogen functional groups attached to an aromatic ring is 1. The van der Waals surface area contributed by atoms with E-state index in [1.54, 1.807) is 24.3 Å². The van der Waals surface area contributed by atoms with E-state index in [-0.39, 0.29) is 5.97 Å². The lowest BCUT2D eigenvalue weighted by Gasteiger charge is -2.16. The van der Waals surface area contributed by atoms with Crippen molar-refractivity contribution in [3.63, 3.8) is 0 Å². The summed E-state index contributed by atoms with van der Waals surface area (Å²) in [5.41, 5.74) is 2.77. The van der Waals surface area contributed by atoms with Crippen LogP contribution >= 0.6 is 0 Å². The SMILES string of the molecule is CC(C)(C)C(=O)Oc1ccc(NN)cc1. The Morgan fingerprint density at radius 3 is 2.20 bits per heavy atom. The second-order valence-electron chi connectivity index (χ2n) is 4.31. The Morgan fingerprint density at radius 1 is 1.27 bits per heavy atom. The summed E-state index contributed by atoms with van der Waals surface area (Å²) in [5, 5.41) is 0. The minimum atomic E-state index is -0.495. The Bertz CT molecular complexity index is 339. The van der Waals surface area contributed by atoms with E-state index in [4.69, 9.17) is 10.6 Å². The lowest BCUT2D eigenvalue weighted by atomic mass is 9.97. The topological polar surface area (TPSA) is 64.3 Å². The van der Waals surface area contributed by atoms with Crippen LogP contribution in [0.15, 0.2) is 24.3 Å². The monoisotopic (exact) mass is 208 g/mol. The minimum Gasteiger partial charge on any atom is -0.426 e. The molecule has 0 aliphatic carbocycles. The molecule has 0 aromatic heterocycles. The largest absolute Gasteiger partial charge is 0.426 e. The number of hydrogen-bond donors (Lipinski definition) is 2. The Kier molecular flexibility index (Phi) is 3.31. The number of rotatable bonds is 2. The molecule has 4 nitrogen and oxygen atoms in total. The van der Waals surface area contributed by atoms with Gasteiger partial charge in [-0.05, 0) is 45.0 Å². The number of nitrogens with one attached hydrogen (secondary N) is 1. The van der Waals surface area contributed by atoms with Crippen LogP contribution in [-0.4, -0.2) is 5.97 Å². The summed E-state index contributed by atoms with van der Waals surface area (Å²) in [4.78, 5) is 11.5. The lowest BCUT2D eigenvalue weighted by molar-refractivity contribution is -0.142. The predicted molar refractivity (Wildman–Crippen MR) is 59.3 cm³/mol. The highest BCUT2D eigenvalue weighted by molar-refractivity contribution is 5.77. The Morgan fingerprint density at radius 2 is 1.80 bits per heavy atom. The molecule has 15 heavy (non-hydrogen) atoms. The van der Waals surface area contributed by atoms with Gasteiger partial charge < -0.3 is 10.2 Å². The second kappa shape index (κ2) is 4.31. The third-order valence-corrected chi connectivity index (χ3v) is 1.84. The van der Waals surface area contributed by atoms with Crippen LogP contribution in [0, 0.1) is 5.41 Å². The highest BCUT2D eigenvalue weighted by atomic mass is 16.5. The highest BCUT2D eigenvalue weighted by Crippen LogP contribution is 2.20. The molecular formula is C11H16N2O2. The molecule has 0 unspecified atom stereocenters. The summed E-state index contributed by atoms with van der Waals surface area (Å²) < 4.78 is 5.17. The maximum absolute atomic E-state index is 11.5. The molecule has 0 amide bonds. The average Bonchev–Trinajstić information content (AvgIpc) is 2.17. The number of esters is 1. The first kappa shape index (κ1) is 11.5. The van der Waals surface area contributed by atoms with Gasteiger partial charge in [0, 0.05) is 5.69 Å². The molecule has 0 fully saturated rings. The Hall–Kier alpha value is -1.55. The van der Waals surface area contributed by atoms with Gasteiger partial charge in [0.1, 0.15) is 5.75 Å². The predicted octanol–water partition coefficient (Wildman–Crippen LogP) is 1.92. The normalized spacial score (nSPS) is 10.9. The number of ether oxygens (including phenoxy) is 1. The first-order valence-electron chi connectivity index (χ1n) is 4.72. The quantitative estimate of drug-likeness (QED) is 0.337. The number of nitrogens with two attached hydrogens (primary N) is 1. The summed E-state index contributed by atoms with van der Waals surface area (Å²) in [7, 11) is 0. The van der Waals surface area contributed by atoms with Crippen molar-refractivity contribution in [2.45, 2.75) is 20.8 Å². The van der Waals surface area contributed by atoms with E-state index in [1.165, 1.54) is 0 Å². The first-order valence-corrected chi connectivity index (χ1v) is 4.72. The minimum absolute atomic E-state index is 0.254. The van der Waals surface area contributed by atoms with Crippen LogP contribution < -0.4 is 16.0 Å². The van der Waals surface area contributed by atoms with Gasteiger partial charge in [-0.15, -0.1) is 0 Å². The van der Waals surface area contributed by atoms with E-state index in [9.17, 15) is 4.79 Å². The first-order chi connectivity index (χ1) is 6.93. The standard InChI is InChI=1S/C11H16N2O2/c1-11(2,3)10(14)15-9-6-4-8(13-12)5-7-9/h4-7,13H,12H2,1-3H3. The lowest BCUT2D eigenvalue weighted by Crippen LogP contribution is -2.25. The van der Waals surface area contributed by atoms with E-state index < -0.39 is 5.41 Å². The van der Waals surface area contributed by atoms with Crippen molar-refractivity contribution in [2.75, 3.05) is 5.43 Å². The Labute approximate surface area is 89.4 Å². The number of hydrogen-bond acceptors (Lipinski definition) is 4. The molecule has 3 N–H and O–H groups in total. The van der Waals surface area contributed by atoms with Crippen molar-refractivity contribution in [1.82, 2.24) is 0 Å². The van der Waals surface area contributed by atoms with Gasteiger partial charge in [0.25, 0.3) is 0 Å². The molecule has 1 aromatic rings. The number of carbonyl (C=O) groups is 1. The highest BCUT2D eigenvalue weighted by Gasteiger charge is 2.23. The van der Waals surface area contributed by atoms with Gasteiger partial charge in [-0.25, -0.2) is 0 Å². The molecule has 0 bridgehead atoms. The van der Waals surface area contributed by atoms with Crippen LogP contribution in [0.5, 0.6) is 5.75 Å². The molecule has 4 heteroatoms. The molecule has 0 radical (unpaired) electrons. The van der Waals surface area contributed by atoms with Crippen molar-refractivity contribution in [2.24, 2.45) is 11.3 Å². The zero-order valence-corrected chi connectivity index (χ0v) is 9.20. The second-order valence-corrected chi connectivity index (χ2v) is 4.31. The van der Waals surface area contributed by atoms with Gasteiger partial charge in [0.15, 0.2) is 0 Å². The van der Waals surface area contributed by atoms with Crippen molar-refractivity contribution in [1.29, 1.82) is 0 Å². The fourth-order valence-corrected chi connectivity index (χ4v) is 0.879. The molecule has 0 spiro atoms. The van der Waals surface area contributed by atoms with Gasteiger partial charge in [0.2, 0.25) is 0 Å². The van der Waals surface area contributed by atoms with Crippen molar-refractivity contribution in [3.8, 4) is 5.75 Å². The van der Waals surface area contributed by atoms with Crippen LogP contribution in [0.25, 0.3) is 0 Å². The molecule has 0 heterocycles. The maximum atomic E-state index is 11.5. The van der Waals surface area contributed by atoms with E-state index in [0.717, 1.165) is 5.69 Å². The van der Waals surface area contributed by atoms with Crippen LogP contribution in [0.4, 0.5) is 5.69 Å². The molecule has 0 aliphatic rings. The fourth-order valence-electron chi connectivity index (χ4n) is 0.879. The van der Waals surface area contributed by atoms with E-state index in [1.807, 2.05) is 20.8 Å². The summed E-state index contributed by atoms with van der Waals surface area (Å²) in [6, 6.07) is 6.87. The fraction of sp³-hybridized carbons (Fsp3) is 0.364.